The fourth-order valence-corrected chi connectivity index (χ4v) is 3.26. The summed E-state index contributed by atoms with van der Waals surface area (Å²) in [6.07, 6.45) is 2.13. The number of hydrogen-bond acceptors (Lipinski definition) is 5. The van der Waals surface area contributed by atoms with E-state index in [1.54, 1.807) is 4.90 Å². The van der Waals surface area contributed by atoms with Crippen molar-refractivity contribution in [3.63, 3.8) is 0 Å². The zero-order valence-electron chi connectivity index (χ0n) is 15.2. The van der Waals surface area contributed by atoms with E-state index in [4.69, 9.17) is 4.74 Å². The van der Waals surface area contributed by atoms with Gasteiger partial charge >= 0.3 is 6.09 Å². The van der Waals surface area contributed by atoms with Crippen molar-refractivity contribution in [2.24, 2.45) is 0 Å². The number of piperidine rings is 1. The maximum absolute atomic E-state index is 12.1. The third kappa shape index (κ3) is 5.94. The third-order valence-electron chi connectivity index (χ3n) is 4.68. The molecule has 1 amide bonds. The molecule has 0 atom stereocenters. The van der Waals surface area contributed by atoms with E-state index in [0.717, 1.165) is 32.6 Å². The van der Waals surface area contributed by atoms with Crippen LogP contribution in [0.5, 0.6) is 0 Å². The molecule has 0 aromatic rings. The van der Waals surface area contributed by atoms with Crippen molar-refractivity contribution in [1.82, 2.24) is 14.7 Å². The van der Waals surface area contributed by atoms with Gasteiger partial charge in [0.2, 0.25) is 0 Å². The van der Waals surface area contributed by atoms with Gasteiger partial charge in [-0.05, 0) is 60.2 Å². The Bertz CT molecular complexity index is 400. The molecule has 0 aromatic heterocycles. The second kappa shape index (κ2) is 7.36. The van der Waals surface area contributed by atoms with Gasteiger partial charge < -0.3 is 19.6 Å². The molecule has 2 heterocycles. The minimum Gasteiger partial charge on any atom is -0.444 e. The summed E-state index contributed by atoms with van der Waals surface area (Å²) in [5.74, 6) is 0. The Kier molecular flexibility index (Phi) is 5.92. The molecule has 6 nitrogen and oxygen atoms in total. The van der Waals surface area contributed by atoms with Crippen LogP contribution >= 0.6 is 0 Å². The van der Waals surface area contributed by atoms with Crippen LogP contribution in [0.15, 0.2) is 0 Å². The summed E-state index contributed by atoms with van der Waals surface area (Å²) >= 11 is 0. The number of carbonyl (C=O) groups is 1. The van der Waals surface area contributed by atoms with Crippen molar-refractivity contribution in [3.8, 4) is 0 Å². The second-order valence-corrected chi connectivity index (χ2v) is 8.12. The van der Waals surface area contributed by atoms with Crippen molar-refractivity contribution in [3.05, 3.63) is 0 Å². The molecule has 0 unspecified atom stereocenters. The van der Waals surface area contributed by atoms with Crippen LogP contribution in [-0.4, -0.2) is 90.0 Å². The average molecular weight is 327 g/mol. The van der Waals surface area contributed by atoms with E-state index in [1.165, 1.54) is 0 Å². The number of hydrogen-bond donors (Lipinski definition) is 1. The van der Waals surface area contributed by atoms with E-state index in [9.17, 15) is 9.90 Å². The van der Waals surface area contributed by atoms with E-state index < -0.39 is 11.2 Å². The van der Waals surface area contributed by atoms with Crippen LogP contribution in [0.3, 0.4) is 0 Å². The minimum atomic E-state index is -0.679. The zero-order valence-corrected chi connectivity index (χ0v) is 15.2. The number of ether oxygens (including phenoxy) is 1. The molecule has 6 heteroatoms. The van der Waals surface area contributed by atoms with Crippen LogP contribution < -0.4 is 0 Å². The summed E-state index contributed by atoms with van der Waals surface area (Å²) < 4.78 is 5.41. The smallest absolute Gasteiger partial charge is 0.410 e. The van der Waals surface area contributed by atoms with E-state index in [1.807, 2.05) is 20.8 Å². The molecule has 23 heavy (non-hydrogen) atoms. The number of amides is 1. The van der Waals surface area contributed by atoms with Crippen LogP contribution in [-0.2, 0) is 4.74 Å². The van der Waals surface area contributed by atoms with Crippen molar-refractivity contribution < 1.29 is 14.6 Å². The summed E-state index contributed by atoms with van der Waals surface area (Å²) in [4.78, 5) is 18.5. The van der Waals surface area contributed by atoms with Crippen LogP contribution in [0.1, 0.15) is 40.0 Å². The highest BCUT2D eigenvalue weighted by molar-refractivity contribution is 5.68. The Balaban J connectivity index is 1.81. The molecule has 2 aliphatic rings. The Morgan fingerprint density at radius 2 is 1.74 bits per heavy atom. The molecule has 2 saturated heterocycles. The predicted octanol–water partition coefficient (Wildman–Crippen LogP) is 1.39. The topological polar surface area (TPSA) is 56.2 Å². The lowest BCUT2D eigenvalue weighted by molar-refractivity contribution is -0.0495. The normalized spacial score (nSPS) is 24.3. The first-order valence-corrected chi connectivity index (χ1v) is 8.78. The van der Waals surface area contributed by atoms with Gasteiger partial charge in [-0.1, -0.05) is 0 Å². The molecule has 0 spiro atoms. The quantitative estimate of drug-likeness (QED) is 0.830. The Labute approximate surface area is 140 Å². The molecule has 1 N–H and O–H groups in total. The summed E-state index contributed by atoms with van der Waals surface area (Å²) in [6, 6.07) is 0. The van der Waals surface area contributed by atoms with Gasteiger partial charge in [0.1, 0.15) is 5.60 Å². The summed E-state index contributed by atoms with van der Waals surface area (Å²) in [6.45, 7) is 11.7. The fourth-order valence-electron chi connectivity index (χ4n) is 3.26. The maximum atomic E-state index is 12.1. The predicted molar refractivity (Wildman–Crippen MR) is 90.5 cm³/mol. The van der Waals surface area contributed by atoms with Gasteiger partial charge in [0, 0.05) is 32.7 Å². The molecule has 0 bridgehead atoms. The molecule has 0 aromatic carbocycles. The lowest BCUT2D eigenvalue weighted by Crippen LogP contribution is -2.53. The zero-order chi connectivity index (χ0) is 17.1. The second-order valence-electron chi connectivity index (χ2n) is 8.12. The lowest BCUT2D eigenvalue weighted by Gasteiger charge is -2.41. The standard InChI is InChI=1S/C17H33N3O3/c1-16(2,3)23-15(21)20-10-6-17(22,7-11-20)14-19-9-5-8-18(4)12-13-19/h22H,5-14H2,1-4H3. The average Bonchev–Trinajstić information content (AvgIpc) is 2.62. The van der Waals surface area contributed by atoms with Gasteiger partial charge in [-0.2, -0.15) is 0 Å². The lowest BCUT2D eigenvalue weighted by atomic mass is 9.91. The van der Waals surface area contributed by atoms with Crippen molar-refractivity contribution in [1.29, 1.82) is 0 Å². The molecule has 134 valence electrons. The SMILES string of the molecule is CN1CCCN(CC2(O)CCN(C(=O)OC(C)(C)C)CC2)CC1. The first-order chi connectivity index (χ1) is 10.7. The minimum absolute atomic E-state index is 0.268. The van der Waals surface area contributed by atoms with Crippen LogP contribution in [0.4, 0.5) is 4.79 Å². The van der Waals surface area contributed by atoms with Crippen LogP contribution in [0.2, 0.25) is 0 Å². The van der Waals surface area contributed by atoms with Gasteiger partial charge in [0.05, 0.1) is 5.60 Å². The maximum Gasteiger partial charge on any atom is 0.410 e. The van der Waals surface area contributed by atoms with E-state index in [2.05, 4.69) is 16.8 Å². The van der Waals surface area contributed by atoms with Crippen molar-refractivity contribution in [2.75, 3.05) is 52.9 Å². The van der Waals surface area contributed by atoms with Gasteiger partial charge in [-0.15, -0.1) is 0 Å². The number of likely N-dealkylation sites (tertiary alicyclic amines) is 1. The largest absolute Gasteiger partial charge is 0.444 e. The molecular formula is C17H33N3O3. The van der Waals surface area contributed by atoms with Crippen LogP contribution in [0, 0.1) is 0 Å². The summed E-state index contributed by atoms with van der Waals surface area (Å²) in [7, 11) is 2.15. The first kappa shape index (κ1) is 18.5. The highest BCUT2D eigenvalue weighted by Crippen LogP contribution is 2.25. The highest BCUT2D eigenvalue weighted by atomic mass is 16.6. The number of carbonyl (C=O) groups excluding carboxylic acids is 1. The van der Waals surface area contributed by atoms with Crippen molar-refractivity contribution >= 4 is 6.09 Å². The van der Waals surface area contributed by atoms with E-state index in [0.29, 0.717) is 32.5 Å². The van der Waals surface area contributed by atoms with Gasteiger partial charge in [-0.25, -0.2) is 4.79 Å². The highest BCUT2D eigenvalue weighted by Gasteiger charge is 2.36. The molecule has 2 rings (SSSR count). The first-order valence-electron chi connectivity index (χ1n) is 8.78. The Morgan fingerprint density at radius 3 is 2.35 bits per heavy atom. The number of likely N-dealkylation sites (N-methyl/N-ethyl adjacent to an activating group) is 1. The third-order valence-corrected chi connectivity index (χ3v) is 4.68. The Hall–Kier alpha value is -0.850. The molecule has 0 saturated carbocycles. The number of aliphatic hydroxyl groups is 1. The summed E-state index contributed by atoms with van der Waals surface area (Å²) in [5.41, 5.74) is -1.15. The van der Waals surface area contributed by atoms with Gasteiger partial charge in [0.15, 0.2) is 0 Å². The van der Waals surface area contributed by atoms with Gasteiger partial charge in [0.25, 0.3) is 0 Å². The molecule has 0 radical (unpaired) electrons. The van der Waals surface area contributed by atoms with Crippen LogP contribution in [0.25, 0.3) is 0 Å². The Morgan fingerprint density at radius 1 is 1.09 bits per heavy atom. The van der Waals surface area contributed by atoms with Crippen molar-refractivity contribution in [2.45, 2.75) is 51.2 Å². The molecule has 2 fully saturated rings. The number of rotatable bonds is 2. The molecular weight excluding hydrogens is 294 g/mol. The number of nitrogens with zero attached hydrogens (tertiary/aromatic N) is 3. The number of β-amino-alcohol motifs (C(OH)–C–C–N with tert-alkyl or cyclic N) is 1. The monoisotopic (exact) mass is 327 g/mol. The fraction of sp³-hybridized carbons (Fsp3) is 0.941. The summed E-state index contributed by atoms with van der Waals surface area (Å²) in [5, 5.41) is 10.9. The molecule has 0 aliphatic carbocycles. The van der Waals surface area contributed by atoms with E-state index in [-0.39, 0.29) is 6.09 Å². The van der Waals surface area contributed by atoms with Gasteiger partial charge in [-0.3, -0.25) is 4.90 Å². The molecule has 2 aliphatic heterocycles. The van der Waals surface area contributed by atoms with E-state index >= 15 is 0 Å².